The minimum Gasteiger partial charge on any atom is -0.338 e. The molecule has 4 aromatic rings. The molecule has 0 spiro atoms. The number of imidazole rings is 1. The van der Waals surface area contributed by atoms with Gasteiger partial charge in [0.05, 0.1) is 26.6 Å². The fraction of sp³-hybridized carbons (Fsp3) is 0.0526. The summed E-state index contributed by atoms with van der Waals surface area (Å²) >= 11 is 12.0. The second-order valence-electron chi connectivity index (χ2n) is 6.05. The maximum Gasteiger partial charge on any atom is 0.416 e. The van der Waals surface area contributed by atoms with Crippen LogP contribution in [0.25, 0.3) is 27.8 Å². The van der Waals surface area contributed by atoms with Crippen molar-refractivity contribution in [1.29, 1.82) is 5.26 Å². The molecule has 0 bridgehead atoms. The predicted molar refractivity (Wildman–Crippen MR) is 101 cm³/mol. The lowest BCUT2D eigenvalue weighted by Gasteiger charge is -2.09. The topological polar surface area (TPSA) is 61.1 Å². The standard InChI is InChI=1S/C19H8Cl2F3N3O/c20-13-6-15-16(7-14(13)21)27-17(28)5-11(12(8-25)18(27)26-15)9-1-3-10(4-2-9)19(22,23)24/h1-7,26H. The summed E-state index contributed by atoms with van der Waals surface area (Å²) in [7, 11) is 0. The zero-order valence-corrected chi connectivity index (χ0v) is 15.2. The van der Waals surface area contributed by atoms with Crippen LogP contribution in [0.2, 0.25) is 10.0 Å². The predicted octanol–water partition coefficient (Wildman–Crippen LogP) is 5.65. The number of nitrogens with one attached hydrogen (secondary N) is 1. The molecule has 4 nitrogen and oxygen atoms in total. The van der Waals surface area contributed by atoms with E-state index in [0.29, 0.717) is 16.6 Å². The van der Waals surface area contributed by atoms with Crippen LogP contribution in [0.5, 0.6) is 0 Å². The Bertz CT molecular complexity index is 1350. The SMILES string of the molecule is N#Cc1c(-c2ccc(C(F)(F)F)cc2)cc(=O)n2c1[nH]c1cc(Cl)c(Cl)cc12. The Balaban J connectivity index is 2.02. The summed E-state index contributed by atoms with van der Waals surface area (Å²) in [5.41, 5.74) is 0.512. The van der Waals surface area contributed by atoms with Gasteiger partial charge >= 0.3 is 6.18 Å². The Morgan fingerprint density at radius 3 is 2.29 bits per heavy atom. The maximum atomic E-state index is 12.8. The minimum absolute atomic E-state index is 0.114. The second-order valence-corrected chi connectivity index (χ2v) is 6.87. The van der Waals surface area contributed by atoms with Crippen molar-refractivity contribution in [1.82, 2.24) is 9.38 Å². The highest BCUT2D eigenvalue weighted by Gasteiger charge is 2.30. The summed E-state index contributed by atoms with van der Waals surface area (Å²) in [5.74, 6) is 0. The van der Waals surface area contributed by atoms with Gasteiger partial charge in [0.15, 0.2) is 0 Å². The van der Waals surface area contributed by atoms with Crippen LogP contribution in [-0.2, 0) is 6.18 Å². The maximum absolute atomic E-state index is 12.8. The highest BCUT2D eigenvalue weighted by atomic mass is 35.5. The third-order valence-corrected chi connectivity index (χ3v) is 5.11. The number of pyridine rings is 1. The first-order valence-corrected chi connectivity index (χ1v) is 8.60. The molecule has 140 valence electrons. The first-order chi connectivity index (χ1) is 13.2. The second kappa shape index (κ2) is 6.30. The van der Waals surface area contributed by atoms with Gasteiger partial charge in [-0.3, -0.25) is 9.20 Å². The molecule has 0 aliphatic rings. The Morgan fingerprint density at radius 1 is 1.04 bits per heavy atom. The number of rotatable bonds is 1. The summed E-state index contributed by atoms with van der Waals surface area (Å²) in [5, 5.41) is 10.2. The number of H-pyrrole nitrogens is 1. The van der Waals surface area contributed by atoms with E-state index in [1.165, 1.54) is 34.7 Å². The van der Waals surface area contributed by atoms with E-state index in [0.717, 1.165) is 12.1 Å². The van der Waals surface area contributed by atoms with Crippen LogP contribution in [-0.4, -0.2) is 9.38 Å². The van der Waals surface area contributed by atoms with Crippen molar-refractivity contribution < 1.29 is 13.2 Å². The van der Waals surface area contributed by atoms with Gasteiger partial charge in [-0.1, -0.05) is 35.3 Å². The molecular weight excluding hydrogens is 414 g/mol. The molecule has 0 aliphatic carbocycles. The van der Waals surface area contributed by atoms with Crippen LogP contribution in [0.3, 0.4) is 0 Å². The molecule has 9 heteroatoms. The molecule has 0 unspecified atom stereocenters. The minimum atomic E-state index is -4.48. The van der Waals surface area contributed by atoms with E-state index in [1.54, 1.807) is 0 Å². The van der Waals surface area contributed by atoms with Crippen LogP contribution in [0.4, 0.5) is 13.2 Å². The molecule has 2 aromatic carbocycles. The number of nitrogens with zero attached hydrogens (tertiary/aromatic N) is 2. The number of aromatic amines is 1. The Labute approximate surface area is 165 Å². The lowest BCUT2D eigenvalue weighted by atomic mass is 10.0. The average Bonchev–Trinajstić information content (AvgIpc) is 3.00. The van der Waals surface area contributed by atoms with Gasteiger partial charge < -0.3 is 4.98 Å². The van der Waals surface area contributed by atoms with Gasteiger partial charge in [0.1, 0.15) is 17.3 Å². The molecule has 2 heterocycles. The number of hydrogen-bond acceptors (Lipinski definition) is 2. The van der Waals surface area contributed by atoms with Crippen LogP contribution < -0.4 is 5.56 Å². The lowest BCUT2D eigenvalue weighted by molar-refractivity contribution is -0.137. The zero-order chi connectivity index (χ0) is 20.2. The summed E-state index contributed by atoms with van der Waals surface area (Å²) in [6.45, 7) is 0. The number of halogens is 5. The van der Waals surface area contributed by atoms with Crippen LogP contribution in [0.1, 0.15) is 11.1 Å². The van der Waals surface area contributed by atoms with Gasteiger partial charge in [-0.2, -0.15) is 18.4 Å². The van der Waals surface area contributed by atoms with E-state index in [9.17, 15) is 23.2 Å². The monoisotopic (exact) mass is 421 g/mol. The molecule has 0 saturated carbocycles. The molecule has 0 atom stereocenters. The van der Waals surface area contributed by atoms with Gasteiger partial charge in [-0.15, -0.1) is 0 Å². The molecule has 1 N–H and O–H groups in total. The van der Waals surface area contributed by atoms with Crippen molar-refractivity contribution in [3.05, 3.63) is 74.0 Å². The quantitative estimate of drug-likeness (QED) is 0.431. The summed E-state index contributed by atoms with van der Waals surface area (Å²) in [6.07, 6.45) is -4.48. The van der Waals surface area contributed by atoms with E-state index in [2.05, 4.69) is 4.98 Å². The Hall–Kier alpha value is -2.95. The summed E-state index contributed by atoms with van der Waals surface area (Å²) in [4.78, 5) is 15.7. The molecule has 0 aliphatic heterocycles. The average molecular weight is 422 g/mol. The molecule has 2 aromatic heterocycles. The third kappa shape index (κ3) is 2.82. The molecule has 0 fully saturated rings. The lowest BCUT2D eigenvalue weighted by Crippen LogP contribution is -2.13. The van der Waals surface area contributed by atoms with Crippen LogP contribution in [0, 0.1) is 11.3 Å². The van der Waals surface area contributed by atoms with Crippen molar-refractivity contribution in [3.8, 4) is 17.2 Å². The number of aromatic nitrogens is 2. The van der Waals surface area contributed by atoms with Crippen molar-refractivity contribution in [2.45, 2.75) is 6.18 Å². The van der Waals surface area contributed by atoms with E-state index < -0.39 is 17.3 Å². The van der Waals surface area contributed by atoms with Crippen LogP contribution >= 0.6 is 23.2 Å². The van der Waals surface area contributed by atoms with Gasteiger partial charge in [-0.25, -0.2) is 0 Å². The number of hydrogen-bond donors (Lipinski definition) is 1. The first-order valence-electron chi connectivity index (χ1n) is 7.85. The Morgan fingerprint density at radius 2 is 1.68 bits per heavy atom. The highest BCUT2D eigenvalue weighted by Crippen LogP contribution is 2.33. The van der Waals surface area contributed by atoms with E-state index in [1.807, 2.05) is 6.07 Å². The van der Waals surface area contributed by atoms with Gasteiger partial charge in [0.25, 0.3) is 5.56 Å². The Kier molecular flexibility index (Phi) is 4.14. The van der Waals surface area contributed by atoms with Crippen molar-refractivity contribution in [3.63, 3.8) is 0 Å². The van der Waals surface area contributed by atoms with Crippen molar-refractivity contribution >= 4 is 39.9 Å². The van der Waals surface area contributed by atoms with Crippen LogP contribution in [0.15, 0.2) is 47.3 Å². The molecule has 0 radical (unpaired) electrons. The summed E-state index contributed by atoms with van der Waals surface area (Å²) < 4.78 is 39.7. The highest BCUT2D eigenvalue weighted by molar-refractivity contribution is 6.42. The number of fused-ring (bicyclic) bond motifs is 3. The zero-order valence-electron chi connectivity index (χ0n) is 13.7. The molecular formula is C19H8Cl2F3N3O. The molecule has 0 saturated heterocycles. The molecule has 4 rings (SSSR count). The largest absolute Gasteiger partial charge is 0.416 e. The normalized spacial score (nSPS) is 11.9. The van der Waals surface area contributed by atoms with Crippen molar-refractivity contribution in [2.75, 3.05) is 0 Å². The number of alkyl halides is 3. The fourth-order valence-electron chi connectivity index (χ4n) is 3.10. The smallest absolute Gasteiger partial charge is 0.338 e. The van der Waals surface area contributed by atoms with Crippen molar-refractivity contribution in [2.24, 2.45) is 0 Å². The summed E-state index contributed by atoms with van der Waals surface area (Å²) in [6, 6.07) is 10.5. The molecule has 0 amide bonds. The van der Waals surface area contributed by atoms with Gasteiger partial charge in [0, 0.05) is 11.6 Å². The van der Waals surface area contributed by atoms with E-state index in [4.69, 9.17) is 23.2 Å². The first kappa shape index (κ1) is 18.4. The molecule has 28 heavy (non-hydrogen) atoms. The van der Waals surface area contributed by atoms with Gasteiger partial charge in [0.2, 0.25) is 0 Å². The third-order valence-electron chi connectivity index (χ3n) is 4.39. The number of benzene rings is 2. The van der Waals surface area contributed by atoms with Gasteiger partial charge in [-0.05, 0) is 29.8 Å². The number of nitriles is 1. The van der Waals surface area contributed by atoms with E-state index in [-0.39, 0.29) is 26.8 Å². The fourth-order valence-corrected chi connectivity index (χ4v) is 3.42. The van der Waals surface area contributed by atoms with E-state index >= 15 is 0 Å².